The minimum absolute atomic E-state index is 0.427. The highest BCUT2D eigenvalue weighted by Crippen LogP contribution is 2.28. The Morgan fingerprint density at radius 2 is 1.71 bits per heavy atom. The molecule has 1 unspecified atom stereocenters. The largest absolute Gasteiger partial charge is 0.489 e. The molecule has 0 heterocycles. The summed E-state index contributed by atoms with van der Waals surface area (Å²) >= 11 is 0. The van der Waals surface area contributed by atoms with E-state index in [2.05, 4.69) is 44.2 Å². The Hall–Kier alpha value is -2.10. The topological polar surface area (TPSA) is 61.3 Å². The molecule has 3 heteroatoms. The lowest BCUT2D eigenvalue weighted by Crippen LogP contribution is -2.38. The second-order valence-electron chi connectivity index (χ2n) is 6.48. The van der Waals surface area contributed by atoms with Gasteiger partial charge in [-0.1, -0.05) is 54.1 Å². The molecule has 0 radical (unpaired) electrons. The van der Waals surface area contributed by atoms with Gasteiger partial charge in [-0.3, -0.25) is 0 Å². The van der Waals surface area contributed by atoms with Crippen molar-refractivity contribution in [3.05, 3.63) is 77.4 Å². The van der Waals surface area contributed by atoms with E-state index in [4.69, 9.17) is 16.2 Å². The molecule has 0 saturated carbocycles. The number of allylic oxidation sites excluding steroid dienone is 1. The van der Waals surface area contributed by atoms with Gasteiger partial charge in [-0.15, -0.1) is 0 Å². The molecule has 2 aromatic carbocycles. The molecule has 2 aromatic rings. The molecule has 0 bridgehead atoms. The molecular formula is C21H28N2O. The van der Waals surface area contributed by atoms with Crippen LogP contribution in [0.4, 0.5) is 0 Å². The highest BCUT2D eigenvalue weighted by atomic mass is 16.5. The summed E-state index contributed by atoms with van der Waals surface area (Å²) in [5.74, 6) is 0.847. The van der Waals surface area contributed by atoms with Gasteiger partial charge in [0.15, 0.2) is 0 Å². The van der Waals surface area contributed by atoms with Crippen molar-refractivity contribution >= 4 is 0 Å². The van der Waals surface area contributed by atoms with Crippen LogP contribution in [0.5, 0.6) is 5.75 Å². The summed E-state index contributed by atoms with van der Waals surface area (Å²) in [6.45, 7) is 5.31. The minimum Gasteiger partial charge on any atom is -0.489 e. The summed E-state index contributed by atoms with van der Waals surface area (Å²) in [6.07, 6.45) is 3.72. The quantitative estimate of drug-likeness (QED) is 0.718. The van der Waals surface area contributed by atoms with Crippen LogP contribution in [-0.4, -0.2) is 6.54 Å². The van der Waals surface area contributed by atoms with E-state index < -0.39 is 5.54 Å². The van der Waals surface area contributed by atoms with E-state index in [0.29, 0.717) is 13.2 Å². The van der Waals surface area contributed by atoms with E-state index in [9.17, 15) is 0 Å². The van der Waals surface area contributed by atoms with Crippen LogP contribution < -0.4 is 16.2 Å². The van der Waals surface area contributed by atoms with Crippen LogP contribution in [0.25, 0.3) is 0 Å². The molecule has 0 aliphatic carbocycles. The highest BCUT2D eigenvalue weighted by molar-refractivity contribution is 5.33. The standard InChI is InChI=1S/C21H28N2O/c1-17(2)12-13-21(23,14-15-22)19-8-10-20(11-9-19)24-16-18-6-4-3-5-7-18/h3-12H,13-16,22-23H2,1-2H3. The van der Waals surface area contributed by atoms with E-state index >= 15 is 0 Å². The fraction of sp³-hybridized carbons (Fsp3) is 0.333. The lowest BCUT2D eigenvalue weighted by Gasteiger charge is -2.29. The number of hydrogen-bond acceptors (Lipinski definition) is 3. The van der Waals surface area contributed by atoms with Gasteiger partial charge in [-0.25, -0.2) is 0 Å². The van der Waals surface area contributed by atoms with Crippen molar-refractivity contribution < 1.29 is 4.74 Å². The smallest absolute Gasteiger partial charge is 0.119 e. The summed E-state index contributed by atoms with van der Waals surface area (Å²) in [5, 5.41) is 0. The van der Waals surface area contributed by atoms with E-state index in [0.717, 1.165) is 29.7 Å². The lowest BCUT2D eigenvalue weighted by molar-refractivity contribution is 0.305. The van der Waals surface area contributed by atoms with Gasteiger partial charge in [0.05, 0.1) is 0 Å². The maximum Gasteiger partial charge on any atom is 0.119 e. The first-order valence-electron chi connectivity index (χ1n) is 8.43. The third-order valence-corrected chi connectivity index (χ3v) is 4.14. The molecule has 2 rings (SSSR count). The maximum atomic E-state index is 6.63. The first-order valence-corrected chi connectivity index (χ1v) is 8.43. The third kappa shape index (κ3) is 5.22. The van der Waals surface area contributed by atoms with Crippen molar-refractivity contribution in [2.75, 3.05) is 6.54 Å². The Morgan fingerprint density at radius 3 is 2.29 bits per heavy atom. The van der Waals surface area contributed by atoms with Crippen molar-refractivity contribution in [1.82, 2.24) is 0 Å². The number of hydrogen-bond donors (Lipinski definition) is 2. The van der Waals surface area contributed by atoms with Gasteiger partial charge < -0.3 is 16.2 Å². The zero-order valence-electron chi connectivity index (χ0n) is 14.7. The van der Waals surface area contributed by atoms with Gasteiger partial charge >= 0.3 is 0 Å². The van der Waals surface area contributed by atoms with Crippen LogP contribution in [0.15, 0.2) is 66.2 Å². The van der Waals surface area contributed by atoms with Gasteiger partial charge in [0.1, 0.15) is 12.4 Å². The normalized spacial score (nSPS) is 13.2. The van der Waals surface area contributed by atoms with E-state index in [1.165, 1.54) is 5.57 Å². The van der Waals surface area contributed by atoms with Crippen molar-refractivity contribution in [2.24, 2.45) is 11.5 Å². The molecule has 1 atom stereocenters. The molecule has 0 fully saturated rings. The van der Waals surface area contributed by atoms with Crippen molar-refractivity contribution in [3.63, 3.8) is 0 Å². The fourth-order valence-corrected chi connectivity index (χ4v) is 2.63. The van der Waals surface area contributed by atoms with Crippen LogP contribution in [0.3, 0.4) is 0 Å². The molecule has 0 aliphatic heterocycles. The Balaban J connectivity index is 2.06. The molecule has 3 nitrogen and oxygen atoms in total. The van der Waals surface area contributed by atoms with Crippen LogP contribution >= 0.6 is 0 Å². The molecular weight excluding hydrogens is 296 g/mol. The van der Waals surface area contributed by atoms with E-state index in [1.807, 2.05) is 30.3 Å². The second-order valence-corrected chi connectivity index (χ2v) is 6.48. The van der Waals surface area contributed by atoms with Gasteiger partial charge in [0, 0.05) is 5.54 Å². The zero-order chi connectivity index (χ0) is 17.4. The minimum atomic E-state index is -0.427. The maximum absolute atomic E-state index is 6.63. The summed E-state index contributed by atoms with van der Waals surface area (Å²) < 4.78 is 5.84. The summed E-state index contributed by atoms with van der Waals surface area (Å²) in [6, 6.07) is 18.2. The Labute approximate surface area is 145 Å². The fourth-order valence-electron chi connectivity index (χ4n) is 2.63. The molecule has 4 N–H and O–H groups in total. The average molecular weight is 324 g/mol. The first kappa shape index (κ1) is 18.2. The molecule has 0 aromatic heterocycles. The summed E-state index contributed by atoms with van der Waals surface area (Å²) in [5.41, 5.74) is 15.5. The zero-order valence-corrected chi connectivity index (χ0v) is 14.7. The van der Waals surface area contributed by atoms with Crippen LogP contribution in [-0.2, 0) is 12.1 Å². The van der Waals surface area contributed by atoms with Crippen LogP contribution in [0.1, 0.15) is 37.8 Å². The van der Waals surface area contributed by atoms with Gasteiger partial charge in [-0.2, -0.15) is 0 Å². The van der Waals surface area contributed by atoms with Crippen molar-refractivity contribution in [2.45, 2.75) is 38.8 Å². The predicted molar refractivity (Wildman–Crippen MR) is 101 cm³/mol. The molecule has 128 valence electrons. The number of rotatable bonds is 8. The van der Waals surface area contributed by atoms with Crippen molar-refractivity contribution in [1.29, 1.82) is 0 Å². The predicted octanol–water partition coefficient (Wildman–Crippen LogP) is 4.12. The lowest BCUT2D eigenvalue weighted by atomic mass is 9.84. The van der Waals surface area contributed by atoms with E-state index in [-0.39, 0.29) is 0 Å². The van der Waals surface area contributed by atoms with Crippen LogP contribution in [0, 0.1) is 0 Å². The molecule has 24 heavy (non-hydrogen) atoms. The first-order chi connectivity index (χ1) is 11.5. The number of benzene rings is 2. The monoisotopic (exact) mass is 324 g/mol. The molecule has 0 aliphatic rings. The van der Waals surface area contributed by atoms with Gasteiger partial charge in [-0.05, 0) is 56.5 Å². The van der Waals surface area contributed by atoms with Crippen molar-refractivity contribution in [3.8, 4) is 5.75 Å². The van der Waals surface area contributed by atoms with Gasteiger partial charge in [0.2, 0.25) is 0 Å². The summed E-state index contributed by atoms with van der Waals surface area (Å²) in [7, 11) is 0. The van der Waals surface area contributed by atoms with Gasteiger partial charge in [0.25, 0.3) is 0 Å². The average Bonchev–Trinajstić information content (AvgIpc) is 2.60. The SMILES string of the molecule is CC(C)=CCC(N)(CCN)c1ccc(OCc2ccccc2)cc1. The number of ether oxygens (including phenoxy) is 1. The molecule has 0 saturated heterocycles. The molecule has 0 amide bonds. The Morgan fingerprint density at radius 1 is 1.04 bits per heavy atom. The highest BCUT2D eigenvalue weighted by Gasteiger charge is 2.25. The third-order valence-electron chi connectivity index (χ3n) is 4.14. The van der Waals surface area contributed by atoms with E-state index in [1.54, 1.807) is 0 Å². The second kappa shape index (κ2) is 8.67. The summed E-state index contributed by atoms with van der Waals surface area (Å²) in [4.78, 5) is 0. The number of nitrogens with two attached hydrogens (primary N) is 2. The Kier molecular flexibility index (Phi) is 6.59. The van der Waals surface area contributed by atoms with Crippen LogP contribution in [0.2, 0.25) is 0 Å². The Bertz CT molecular complexity index is 645. The molecule has 0 spiro atoms.